The van der Waals surface area contributed by atoms with Crippen molar-refractivity contribution in [3.8, 4) is 0 Å². The van der Waals surface area contributed by atoms with Crippen molar-refractivity contribution < 1.29 is 9.90 Å². The number of carbonyl (C=O) groups excluding carboxylic acids is 1. The standard InChI is InChI=1S/C7H12N4O2/c8-10-9-4-7(13)11-3-1-2-6(12)5-11/h6,12H,1-5H2/t6-/m0/s1. The van der Waals surface area contributed by atoms with Crippen LogP contribution in [0.2, 0.25) is 0 Å². The minimum absolute atomic E-state index is 0.150. The van der Waals surface area contributed by atoms with Crippen LogP contribution >= 0.6 is 0 Å². The van der Waals surface area contributed by atoms with Crippen LogP contribution < -0.4 is 0 Å². The molecule has 6 nitrogen and oxygen atoms in total. The molecule has 0 aliphatic carbocycles. The third-order valence-corrected chi connectivity index (χ3v) is 2.02. The van der Waals surface area contributed by atoms with Gasteiger partial charge in [-0.3, -0.25) is 4.79 Å². The fraction of sp³-hybridized carbons (Fsp3) is 0.857. The van der Waals surface area contributed by atoms with Gasteiger partial charge in [0.2, 0.25) is 5.91 Å². The number of likely N-dealkylation sites (tertiary alicyclic amines) is 1. The summed E-state index contributed by atoms with van der Waals surface area (Å²) in [5.74, 6) is -0.212. The van der Waals surface area contributed by atoms with E-state index in [1.54, 1.807) is 0 Å². The van der Waals surface area contributed by atoms with Gasteiger partial charge in [-0.2, -0.15) is 0 Å². The van der Waals surface area contributed by atoms with E-state index in [1.165, 1.54) is 4.90 Å². The molecular formula is C7H12N4O2. The molecule has 13 heavy (non-hydrogen) atoms. The smallest absolute Gasteiger partial charge is 0.228 e. The lowest BCUT2D eigenvalue weighted by molar-refractivity contribution is -0.132. The Bertz CT molecular complexity index is 237. The Morgan fingerprint density at radius 1 is 1.77 bits per heavy atom. The average Bonchev–Trinajstić information content (AvgIpc) is 2.14. The Hall–Kier alpha value is -1.26. The lowest BCUT2D eigenvalue weighted by atomic mass is 10.1. The predicted octanol–water partition coefficient (Wildman–Crippen LogP) is 0.280. The molecule has 1 aliphatic heterocycles. The van der Waals surface area contributed by atoms with Crippen LogP contribution in [0.25, 0.3) is 10.4 Å². The highest BCUT2D eigenvalue weighted by Crippen LogP contribution is 2.09. The second kappa shape index (κ2) is 4.69. The van der Waals surface area contributed by atoms with Crippen molar-refractivity contribution in [3.63, 3.8) is 0 Å². The fourth-order valence-electron chi connectivity index (χ4n) is 1.37. The third kappa shape index (κ3) is 2.93. The fourth-order valence-corrected chi connectivity index (χ4v) is 1.37. The average molecular weight is 184 g/mol. The van der Waals surface area contributed by atoms with Gasteiger partial charge in [-0.1, -0.05) is 5.11 Å². The van der Waals surface area contributed by atoms with Gasteiger partial charge in [0.15, 0.2) is 0 Å². The van der Waals surface area contributed by atoms with Gasteiger partial charge in [0.05, 0.1) is 6.10 Å². The number of hydrogen-bond donors (Lipinski definition) is 1. The van der Waals surface area contributed by atoms with E-state index in [4.69, 9.17) is 5.53 Å². The van der Waals surface area contributed by atoms with Crippen molar-refractivity contribution >= 4 is 5.91 Å². The van der Waals surface area contributed by atoms with Crippen molar-refractivity contribution in [1.29, 1.82) is 0 Å². The maximum absolute atomic E-state index is 11.3. The van der Waals surface area contributed by atoms with E-state index in [-0.39, 0.29) is 12.5 Å². The highest BCUT2D eigenvalue weighted by molar-refractivity contribution is 5.78. The van der Waals surface area contributed by atoms with Crippen LogP contribution in [0.1, 0.15) is 12.8 Å². The number of aliphatic hydroxyl groups excluding tert-OH is 1. The second-order valence-corrected chi connectivity index (χ2v) is 3.02. The van der Waals surface area contributed by atoms with E-state index in [0.717, 1.165) is 12.8 Å². The first-order valence-electron chi connectivity index (χ1n) is 4.20. The number of hydrogen-bond acceptors (Lipinski definition) is 3. The summed E-state index contributed by atoms with van der Waals surface area (Å²) in [6.45, 7) is 0.861. The van der Waals surface area contributed by atoms with E-state index in [9.17, 15) is 9.90 Å². The zero-order chi connectivity index (χ0) is 9.68. The van der Waals surface area contributed by atoms with Gasteiger partial charge >= 0.3 is 0 Å². The van der Waals surface area contributed by atoms with Crippen molar-refractivity contribution in [2.24, 2.45) is 5.11 Å². The van der Waals surface area contributed by atoms with Crippen molar-refractivity contribution in [3.05, 3.63) is 10.4 Å². The minimum atomic E-state index is -0.427. The molecule has 0 spiro atoms. The monoisotopic (exact) mass is 184 g/mol. The lowest BCUT2D eigenvalue weighted by Gasteiger charge is -2.29. The Kier molecular flexibility index (Phi) is 3.54. The van der Waals surface area contributed by atoms with Crippen LogP contribution in [0.3, 0.4) is 0 Å². The molecule has 0 saturated carbocycles. The first kappa shape index (κ1) is 9.83. The van der Waals surface area contributed by atoms with E-state index < -0.39 is 6.10 Å². The van der Waals surface area contributed by atoms with Gasteiger partial charge in [-0.05, 0) is 18.4 Å². The Balaban J connectivity index is 2.41. The molecule has 1 fully saturated rings. The number of carbonyl (C=O) groups is 1. The molecular weight excluding hydrogens is 172 g/mol. The molecule has 1 rings (SSSR count). The molecule has 1 heterocycles. The highest BCUT2D eigenvalue weighted by atomic mass is 16.3. The van der Waals surface area contributed by atoms with Gasteiger partial charge in [0, 0.05) is 18.0 Å². The molecule has 0 radical (unpaired) electrons. The van der Waals surface area contributed by atoms with Gasteiger partial charge in [0.1, 0.15) is 6.54 Å². The van der Waals surface area contributed by atoms with Crippen LogP contribution in [0, 0.1) is 0 Å². The topological polar surface area (TPSA) is 89.3 Å². The summed E-state index contributed by atoms with van der Waals surface area (Å²) < 4.78 is 0. The molecule has 1 saturated heterocycles. The van der Waals surface area contributed by atoms with Crippen molar-refractivity contribution in [2.45, 2.75) is 18.9 Å². The maximum atomic E-state index is 11.3. The van der Waals surface area contributed by atoms with Crippen LogP contribution in [-0.4, -0.2) is 41.7 Å². The van der Waals surface area contributed by atoms with E-state index >= 15 is 0 Å². The third-order valence-electron chi connectivity index (χ3n) is 2.02. The number of amides is 1. The normalized spacial score (nSPS) is 22.2. The number of nitrogens with zero attached hydrogens (tertiary/aromatic N) is 4. The maximum Gasteiger partial charge on any atom is 0.228 e. The molecule has 1 aliphatic rings. The molecule has 0 aromatic rings. The summed E-state index contributed by atoms with van der Waals surface area (Å²) in [6, 6.07) is 0. The lowest BCUT2D eigenvalue weighted by Crippen LogP contribution is -2.43. The molecule has 1 amide bonds. The van der Waals surface area contributed by atoms with Gasteiger partial charge in [0.25, 0.3) is 0 Å². The van der Waals surface area contributed by atoms with Crippen molar-refractivity contribution in [1.82, 2.24) is 4.90 Å². The molecule has 1 N–H and O–H groups in total. The molecule has 6 heteroatoms. The summed E-state index contributed by atoms with van der Waals surface area (Å²) in [5, 5.41) is 12.4. The molecule has 0 aromatic carbocycles. The van der Waals surface area contributed by atoms with Crippen molar-refractivity contribution in [2.75, 3.05) is 19.6 Å². The first-order valence-corrected chi connectivity index (χ1v) is 4.20. The molecule has 1 atom stereocenters. The Morgan fingerprint density at radius 2 is 2.54 bits per heavy atom. The highest BCUT2D eigenvalue weighted by Gasteiger charge is 2.20. The molecule has 0 unspecified atom stereocenters. The Labute approximate surface area is 75.8 Å². The van der Waals surface area contributed by atoms with Gasteiger partial charge < -0.3 is 10.0 Å². The van der Waals surface area contributed by atoms with E-state index in [1.807, 2.05) is 0 Å². The largest absolute Gasteiger partial charge is 0.391 e. The Morgan fingerprint density at radius 3 is 3.15 bits per heavy atom. The second-order valence-electron chi connectivity index (χ2n) is 3.02. The van der Waals surface area contributed by atoms with Crippen LogP contribution in [-0.2, 0) is 4.79 Å². The van der Waals surface area contributed by atoms with E-state index in [0.29, 0.717) is 13.1 Å². The zero-order valence-corrected chi connectivity index (χ0v) is 7.26. The SMILES string of the molecule is [N-]=[N+]=NCC(=O)N1CCC[C@H](O)C1. The summed E-state index contributed by atoms with van der Waals surface area (Å²) in [5.41, 5.74) is 8.00. The van der Waals surface area contributed by atoms with Crippen LogP contribution in [0.5, 0.6) is 0 Å². The molecule has 72 valence electrons. The molecule has 0 aromatic heterocycles. The summed E-state index contributed by atoms with van der Waals surface area (Å²) in [7, 11) is 0. The number of piperidine rings is 1. The quantitative estimate of drug-likeness (QED) is 0.379. The number of rotatable bonds is 2. The zero-order valence-electron chi connectivity index (χ0n) is 7.26. The number of aliphatic hydroxyl groups is 1. The number of azide groups is 1. The molecule has 0 bridgehead atoms. The minimum Gasteiger partial charge on any atom is -0.391 e. The summed E-state index contributed by atoms with van der Waals surface area (Å²) >= 11 is 0. The van der Waals surface area contributed by atoms with Crippen LogP contribution in [0.4, 0.5) is 0 Å². The first-order chi connectivity index (χ1) is 6.24. The van der Waals surface area contributed by atoms with Gasteiger partial charge in [-0.15, -0.1) is 0 Å². The predicted molar refractivity (Wildman–Crippen MR) is 45.8 cm³/mol. The number of β-amino-alcohol motifs (C(OH)–C–C–N with tert-alkyl or cyclic N) is 1. The summed E-state index contributed by atoms with van der Waals surface area (Å²) in [4.78, 5) is 15.3. The van der Waals surface area contributed by atoms with E-state index in [2.05, 4.69) is 10.0 Å². The van der Waals surface area contributed by atoms with Gasteiger partial charge in [-0.25, -0.2) is 0 Å². The summed E-state index contributed by atoms with van der Waals surface area (Å²) in [6.07, 6.45) is 1.12. The van der Waals surface area contributed by atoms with Crippen LogP contribution in [0.15, 0.2) is 5.11 Å².